The van der Waals surface area contributed by atoms with E-state index in [1.54, 1.807) is 24.3 Å². The molecule has 0 heterocycles. The molecule has 0 aliphatic heterocycles. The Balaban J connectivity index is 2.25. The molecule has 0 aliphatic carbocycles. The van der Waals surface area contributed by atoms with Crippen LogP contribution in [0, 0.1) is 0 Å². The molecule has 1 aromatic rings. The van der Waals surface area contributed by atoms with Crippen molar-refractivity contribution in [1.82, 2.24) is 5.32 Å². The molecule has 0 saturated carbocycles. The summed E-state index contributed by atoms with van der Waals surface area (Å²) in [6.07, 6.45) is 9.42. The highest BCUT2D eigenvalue weighted by Gasteiger charge is 1.99. The number of rotatable bonds is 11. The fourth-order valence-corrected chi connectivity index (χ4v) is 2.14. The highest BCUT2D eigenvalue weighted by Crippen LogP contribution is 2.07. The van der Waals surface area contributed by atoms with Crippen LogP contribution in [0.25, 0.3) is 6.08 Å². The van der Waals surface area contributed by atoms with Gasteiger partial charge in [0.25, 0.3) is 0 Å². The van der Waals surface area contributed by atoms with Crippen LogP contribution in [0.1, 0.15) is 48.5 Å². The molecule has 134 valence electrons. The number of hydrogen-bond acceptors (Lipinski definition) is 4. The fraction of sp³-hybridized carbons (Fsp3) is 0.350. The highest BCUT2D eigenvalue weighted by atomic mass is 16.3. The lowest BCUT2D eigenvalue weighted by molar-refractivity contribution is -0.122. The summed E-state index contributed by atoms with van der Waals surface area (Å²) in [4.78, 5) is 33.8. The van der Waals surface area contributed by atoms with Crippen LogP contribution < -0.4 is 5.32 Å². The van der Waals surface area contributed by atoms with E-state index in [4.69, 9.17) is 5.11 Å². The Kier molecular flexibility index (Phi) is 9.78. The molecule has 5 heteroatoms. The summed E-state index contributed by atoms with van der Waals surface area (Å²) in [5.74, 6) is -0.299. The van der Waals surface area contributed by atoms with Gasteiger partial charge in [0.1, 0.15) is 6.61 Å². The Morgan fingerprint density at radius 1 is 1.12 bits per heavy atom. The van der Waals surface area contributed by atoms with Crippen LogP contribution in [-0.4, -0.2) is 35.7 Å². The molecule has 0 aromatic heterocycles. The minimum atomic E-state index is -0.395. The number of Topliss-reactive ketones (excluding diaryl/α,β-unsaturated/α-hetero) is 2. The molecule has 0 atom stereocenters. The van der Waals surface area contributed by atoms with Gasteiger partial charge in [-0.15, -0.1) is 0 Å². The molecule has 0 aliphatic rings. The Morgan fingerprint density at radius 2 is 1.92 bits per heavy atom. The molecular weight excluding hydrogens is 318 g/mol. The standard InChI is InChI=1S/C20H25NO4/c1-16(23)18-10-7-9-17(14-18)8-4-5-12-20(25)21-13-6-2-3-11-19(24)15-22/h4-5,7-10,12,14,22H,2-3,6,11,13,15H2,1H3,(H,21,25)/b8-4+,12-5+. The van der Waals surface area contributed by atoms with Crippen molar-refractivity contribution in [1.29, 1.82) is 0 Å². The maximum atomic E-state index is 11.6. The van der Waals surface area contributed by atoms with Crippen LogP contribution in [0.2, 0.25) is 0 Å². The summed E-state index contributed by atoms with van der Waals surface area (Å²) in [6.45, 7) is 1.69. The maximum absolute atomic E-state index is 11.6. The van der Waals surface area contributed by atoms with Crippen molar-refractivity contribution in [2.45, 2.75) is 32.6 Å². The summed E-state index contributed by atoms with van der Waals surface area (Å²) in [5, 5.41) is 11.4. The first kappa shape index (κ1) is 20.5. The van der Waals surface area contributed by atoms with Gasteiger partial charge in [-0.2, -0.15) is 0 Å². The number of amides is 1. The predicted molar refractivity (Wildman–Crippen MR) is 98.2 cm³/mol. The van der Waals surface area contributed by atoms with Crippen molar-refractivity contribution < 1.29 is 19.5 Å². The smallest absolute Gasteiger partial charge is 0.243 e. The monoisotopic (exact) mass is 343 g/mol. The molecule has 0 radical (unpaired) electrons. The zero-order valence-corrected chi connectivity index (χ0v) is 14.5. The van der Waals surface area contributed by atoms with E-state index in [0.717, 1.165) is 24.8 Å². The summed E-state index contributed by atoms with van der Waals surface area (Å²) >= 11 is 0. The first-order valence-electron chi connectivity index (χ1n) is 8.39. The van der Waals surface area contributed by atoms with E-state index in [1.165, 1.54) is 13.0 Å². The van der Waals surface area contributed by atoms with Crippen LogP contribution in [0.5, 0.6) is 0 Å². The molecule has 0 saturated heterocycles. The van der Waals surface area contributed by atoms with Gasteiger partial charge >= 0.3 is 0 Å². The van der Waals surface area contributed by atoms with Gasteiger partial charge in [-0.1, -0.05) is 42.8 Å². The van der Waals surface area contributed by atoms with Crippen molar-refractivity contribution in [2.24, 2.45) is 0 Å². The molecule has 5 nitrogen and oxygen atoms in total. The van der Waals surface area contributed by atoms with Crippen molar-refractivity contribution in [3.63, 3.8) is 0 Å². The van der Waals surface area contributed by atoms with Gasteiger partial charge in [0.15, 0.2) is 11.6 Å². The number of aliphatic hydroxyl groups is 1. The topological polar surface area (TPSA) is 83.5 Å². The number of hydrogen-bond donors (Lipinski definition) is 2. The van der Waals surface area contributed by atoms with E-state index in [1.807, 2.05) is 18.2 Å². The Labute approximate surface area is 148 Å². The van der Waals surface area contributed by atoms with Crippen molar-refractivity contribution in [2.75, 3.05) is 13.2 Å². The Hall–Kier alpha value is -2.53. The molecule has 0 bridgehead atoms. The first-order valence-corrected chi connectivity index (χ1v) is 8.39. The third-order valence-electron chi connectivity index (χ3n) is 3.55. The molecule has 25 heavy (non-hydrogen) atoms. The van der Waals surface area contributed by atoms with Gasteiger partial charge in [-0.3, -0.25) is 14.4 Å². The van der Waals surface area contributed by atoms with Gasteiger partial charge in [0.05, 0.1) is 0 Å². The maximum Gasteiger partial charge on any atom is 0.243 e. The second kappa shape index (κ2) is 11.9. The number of nitrogens with one attached hydrogen (secondary N) is 1. The number of benzene rings is 1. The number of aliphatic hydroxyl groups excluding tert-OH is 1. The predicted octanol–water partition coefficient (Wildman–Crippen LogP) is 2.70. The summed E-state index contributed by atoms with van der Waals surface area (Å²) in [6, 6.07) is 7.27. The Morgan fingerprint density at radius 3 is 2.64 bits per heavy atom. The Bertz CT molecular complexity index is 647. The number of unbranched alkanes of at least 4 members (excludes halogenated alkanes) is 2. The van der Waals surface area contributed by atoms with Gasteiger partial charge in [0, 0.05) is 24.6 Å². The van der Waals surface area contributed by atoms with E-state index in [9.17, 15) is 14.4 Å². The second-order valence-electron chi connectivity index (χ2n) is 5.70. The third kappa shape index (κ3) is 9.37. The molecular formula is C20H25NO4. The van der Waals surface area contributed by atoms with Crippen molar-refractivity contribution >= 4 is 23.5 Å². The van der Waals surface area contributed by atoms with Gasteiger partial charge in [-0.25, -0.2) is 0 Å². The van der Waals surface area contributed by atoms with Crippen molar-refractivity contribution in [3.05, 3.63) is 53.6 Å². The fourth-order valence-electron chi connectivity index (χ4n) is 2.14. The van der Waals surface area contributed by atoms with Crippen molar-refractivity contribution in [3.8, 4) is 0 Å². The number of ketones is 2. The molecule has 0 unspecified atom stereocenters. The second-order valence-corrected chi connectivity index (χ2v) is 5.70. The van der Waals surface area contributed by atoms with E-state index in [-0.39, 0.29) is 17.5 Å². The van der Waals surface area contributed by atoms with E-state index < -0.39 is 6.61 Å². The zero-order valence-electron chi connectivity index (χ0n) is 14.5. The average Bonchev–Trinajstić information content (AvgIpc) is 2.61. The van der Waals surface area contributed by atoms with E-state index in [0.29, 0.717) is 18.5 Å². The normalized spacial score (nSPS) is 11.1. The molecule has 0 spiro atoms. The lowest BCUT2D eigenvalue weighted by Gasteiger charge is -2.01. The average molecular weight is 343 g/mol. The minimum absolute atomic E-state index is 0.0193. The molecule has 2 N–H and O–H groups in total. The van der Waals surface area contributed by atoms with Crippen LogP contribution in [0.4, 0.5) is 0 Å². The SMILES string of the molecule is CC(=O)c1cccc(/C=C/C=C/C(=O)NCCCCCC(=O)CO)c1. The van der Waals surface area contributed by atoms with E-state index in [2.05, 4.69) is 5.32 Å². The zero-order chi connectivity index (χ0) is 18.5. The quantitative estimate of drug-likeness (QED) is 0.280. The van der Waals surface area contributed by atoms with Gasteiger partial charge < -0.3 is 10.4 Å². The molecule has 1 rings (SSSR count). The lowest BCUT2D eigenvalue weighted by atomic mass is 10.1. The van der Waals surface area contributed by atoms with Crippen LogP contribution in [-0.2, 0) is 9.59 Å². The molecule has 1 amide bonds. The number of carbonyl (C=O) groups is 3. The summed E-state index contributed by atoms with van der Waals surface area (Å²) in [7, 11) is 0. The summed E-state index contributed by atoms with van der Waals surface area (Å²) in [5.41, 5.74) is 1.56. The number of allylic oxidation sites excluding steroid dienone is 2. The van der Waals surface area contributed by atoms with Crippen LogP contribution >= 0.6 is 0 Å². The minimum Gasteiger partial charge on any atom is -0.389 e. The molecule has 0 fully saturated rings. The number of carbonyl (C=O) groups excluding carboxylic acids is 3. The largest absolute Gasteiger partial charge is 0.389 e. The van der Waals surface area contributed by atoms with Gasteiger partial charge in [-0.05, 0) is 31.4 Å². The third-order valence-corrected chi connectivity index (χ3v) is 3.55. The van der Waals surface area contributed by atoms with E-state index >= 15 is 0 Å². The molecule has 1 aromatic carbocycles. The first-order chi connectivity index (χ1) is 12.0. The summed E-state index contributed by atoms with van der Waals surface area (Å²) < 4.78 is 0. The highest BCUT2D eigenvalue weighted by molar-refractivity contribution is 5.94. The van der Waals surface area contributed by atoms with Crippen LogP contribution in [0.3, 0.4) is 0 Å². The van der Waals surface area contributed by atoms with Crippen LogP contribution in [0.15, 0.2) is 42.5 Å². The lowest BCUT2D eigenvalue weighted by Crippen LogP contribution is -2.22. The van der Waals surface area contributed by atoms with Gasteiger partial charge in [0.2, 0.25) is 5.91 Å².